The van der Waals surface area contributed by atoms with Crippen molar-refractivity contribution in [3.05, 3.63) is 106 Å². The van der Waals surface area contributed by atoms with Gasteiger partial charge in [0, 0.05) is 48.1 Å². The third-order valence-corrected chi connectivity index (χ3v) is 7.92. The highest BCUT2D eigenvalue weighted by molar-refractivity contribution is 9.09. The summed E-state index contributed by atoms with van der Waals surface area (Å²) in [4.78, 5) is 19.9. The van der Waals surface area contributed by atoms with E-state index < -0.39 is 0 Å². The van der Waals surface area contributed by atoms with Crippen molar-refractivity contribution in [2.75, 3.05) is 30.1 Å². The van der Waals surface area contributed by atoms with Gasteiger partial charge in [0.1, 0.15) is 0 Å². The Hall–Kier alpha value is -4.39. The van der Waals surface area contributed by atoms with Crippen LogP contribution in [0.2, 0.25) is 0 Å². The summed E-state index contributed by atoms with van der Waals surface area (Å²) in [5, 5.41) is 29.4. The summed E-state index contributed by atoms with van der Waals surface area (Å²) in [5.41, 5.74) is 12.7. The number of rotatable bonds is 7. The number of carbonyl (C=O) groups is 1. The second-order valence-electron chi connectivity index (χ2n) is 8.41. The van der Waals surface area contributed by atoms with Gasteiger partial charge in [0.05, 0.1) is 40.0 Å². The van der Waals surface area contributed by atoms with Gasteiger partial charge in [0.15, 0.2) is 16.0 Å². The minimum atomic E-state index is 0.0273. The summed E-state index contributed by atoms with van der Waals surface area (Å²) in [7, 11) is 3.72. The number of nitrogens with two attached hydrogens (primary N) is 1. The lowest BCUT2D eigenvalue weighted by molar-refractivity contribution is 0.102. The molecule has 3 aromatic carbocycles. The number of hydrogen-bond acceptors (Lipinski definition) is 10. The molecule has 0 aliphatic heterocycles. The van der Waals surface area contributed by atoms with E-state index in [0.717, 1.165) is 38.3 Å². The summed E-state index contributed by atoms with van der Waals surface area (Å²) < 4.78 is 0. The first-order valence-corrected chi connectivity index (χ1v) is 15.5. The topological polar surface area (TPSA) is 141 Å². The van der Waals surface area contributed by atoms with E-state index in [1.54, 1.807) is 59.1 Å². The number of ketones is 1. The van der Waals surface area contributed by atoms with Gasteiger partial charge >= 0.3 is 0 Å². The maximum absolute atomic E-state index is 11.1. The second-order valence-corrected chi connectivity index (χ2v) is 10.7. The largest absolute Gasteiger partial charge is 0.365 e. The van der Waals surface area contributed by atoms with E-state index in [1.807, 2.05) is 55.2 Å². The van der Waals surface area contributed by atoms with E-state index in [2.05, 4.69) is 54.7 Å². The Morgan fingerprint density at radius 2 is 1.21 bits per heavy atom. The molecule has 0 atom stereocenters. The maximum atomic E-state index is 11.1. The molecule has 0 saturated heterocycles. The zero-order valence-corrected chi connectivity index (χ0v) is 26.2. The summed E-state index contributed by atoms with van der Waals surface area (Å²) in [6.45, 7) is 0.582. The SMILES string of the molecule is CNc1nc(-c2ccc(C#N)cc2)cs1.CNc1nc(-c2ccc(CN)cc2)cs1.N#Cc1ccc(C(=O)CBr)cc1. The van der Waals surface area contributed by atoms with Crippen molar-refractivity contribution < 1.29 is 4.79 Å². The van der Waals surface area contributed by atoms with E-state index in [-0.39, 0.29) is 5.78 Å². The molecule has 8 nitrogen and oxygen atoms in total. The van der Waals surface area contributed by atoms with Gasteiger partial charge < -0.3 is 16.4 Å². The molecule has 0 aliphatic carbocycles. The summed E-state index contributed by atoms with van der Waals surface area (Å²) in [6, 6.07) is 26.3. The Labute approximate surface area is 261 Å². The Morgan fingerprint density at radius 1 is 0.786 bits per heavy atom. The van der Waals surface area contributed by atoms with Gasteiger partial charge in [-0.2, -0.15) is 10.5 Å². The van der Waals surface area contributed by atoms with Crippen LogP contribution >= 0.6 is 38.6 Å². The van der Waals surface area contributed by atoms with Crippen LogP contribution < -0.4 is 16.4 Å². The van der Waals surface area contributed by atoms with Crippen molar-refractivity contribution in [3.63, 3.8) is 0 Å². The van der Waals surface area contributed by atoms with Gasteiger partial charge in [-0.15, -0.1) is 22.7 Å². The van der Waals surface area contributed by atoms with Gasteiger partial charge in [0.2, 0.25) is 0 Å². The maximum Gasteiger partial charge on any atom is 0.182 e. The number of carbonyl (C=O) groups excluding carboxylic acids is 1. The molecule has 212 valence electrons. The highest BCUT2D eigenvalue weighted by atomic mass is 79.9. The van der Waals surface area contributed by atoms with Crippen molar-refractivity contribution in [1.29, 1.82) is 10.5 Å². The number of benzene rings is 3. The Bertz CT molecular complexity index is 1650. The van der Waals surface area contributed by atoms with Crippen molar-refractivity contribution in [1.82, 2.24) is 9.97 Å². The first kappa shape index (κ1) is 32.1. The summed E-state index contributed by atoms with van der Waals surface area (Å²) in [5.74, 6) is 0.0273. The zero-order valence-electron chi connectivity index (χ0n) is 23.0. The number of nitrogens with one attached hydrogen (secondary N) is 2. The lowest BCUT2D eigenvalue weighted by atomic mass is 10.1. The minimum absolute atomic E-state index is 0.0273. The van der Waals surface area contributed by atoms with Crippen LogP contribution in [-0.2, 0) is 6.54 Å². The minimum Gasteiger partial charge on any atom is -0.365 e. The molecule has 0 bridgehead atoms. The van der Waals surface area contributed by atoms with Crippen LogP contribution in [0, 0.1) is 22.7 Å². The second kappa shape index (κ2) is 16.8. The summed E-state index contributed by atoms with van der Waals surface area (Å²) >= 11 is 6.25. The van der Waals surface area contributed by atoms with Gasteiger partial charge in [-0.3, -0.25) is 4.79 Å². The number of alkyl halides is 1. The van der Waals surface area contributed by atoms with Gasteiger partial charge in [0.25, 0.3) is 0 Å². The Kier molecular flexibility index (Phi) is 12.8. The Balaban J connectivity index is 0.000000174. The zero-order chi connectivity index (χ0) is 30.3. The van der Waals surface area contributed by atoms with Crippen LogP contribution in [0.3, 0.4) is 0 Å². The fourth-order valence-corrected chi connectivity index (χ4v) is 5.06. The fourth-order valence-electron chi connectivity index (χ4n) is 3.38. The molecule has 0 saturated carbocycles. The van der Waals surface area contributed by atoms with E-state index in [9.17, 15) is 4.79 Å². The molecule has 4 N–H and O–H groups in total. The average Bonchev–Trinajstić information content (AvgIpc) is 3.75. The van der Waals surface area contributed by atoms with Crippen molar-refractivity contribution >= 4 is 54.6 Å². The number of nitrogens with zero attached hydrogens (tertiary/aromatic N) is 4. The van der Waals surface area contributed by atoms with Crippen molar-refractivity contribution in [2.24, 2.45) is 5.73 Å². The van der Waals surface area contributed by atoms with E-state index >= 15 is 0 Å². The molecular formula is C31H28BrN7OS2. The molecule has 5 rings (SSSR count). The van der Waals surface area contributed by atoms with Gasteiger partial charge in [-0.25, -0.2) is 9.97 Å². The average molecular weight is 659 g/mol. The quantitative estimate of drug-likeness (QED) is 0.124. The number of anilines is 2. The smallest absolute Gasteiger partial charge is 0.182 e. The first-order chi connectivity index (χ1) is 20.4. The van der Waals surface area contributed by atoms with E-state index in [4.69, 9.17) is 16.3 Å². The predicted molar refractivity (Wildman–Crippen MR) is 176 cm³/mol. The van der Waals surface area contributed by atoms with E-state index in [1.165, 1.54) is 0 Å². The molecule has 11 heteroatoms. The van der Waals surface area contributed by atoms with Crippen molar-refractivity contribution in [3.8, 4) is 34.7 Å². The number of hydrogen-bond donors (Lipinski definition) is 3. The van der Waals surface area contributed by atoms with Crippen molar-refractivity contribution in [2.45, 2.75) is 6.54 Å². The van der Waals surface area contributed by atoms with Crippen LogP contribution in [0.15, 0.2) is 83.6 Å². The first-order valence-electron chi connectivity index (χ1n) is 12.6. The molecule has 0 fully saturated rings. The number of halogens is 1. The summed E-state index contributed by atoms with van der Waals surface area (Å²) in [6.07, 6.45) is 0. The molecule has 0 unspecified atom stereocenters. The standard InChI is InChI=1S/C11H13N3S.C11H9N3S.C9H6BrNO/c2*1-13-11-14-10(7-15-11)9-4-2-8(6-12)3-5-9;10-5-9(12)8-3-1-7(6-11)2-4-8/h2-5,7H,6,12H2,1H3,(H,13,14);2-5,7H,1H3,(H,13,14);1-4H,5H2. The van der Waals surface area contributed by atoms with Crippen LogP contribution in [0.1, 0.15) is 27.0 Å². The third kappa shape index (κ3) is 9.33. The molecule has 2 aromatic heterocycles. The van der Waals surface area contributed by atoms with Gasteiger partial charge in [-0.1, -0.05) is 64.5 Å². The highest BCUT2D eigenvalue weighted by Gasteiger charge is 2.04. The number of aromatic nitrogens is 2. The van der Waals surface area contributed by atoms with Crippen LogP contribution in [0.25, 0.3) is 22.5 Å². The monoisotopic (exact) mass is 657 g/mol. The third-order valence-electron chi connectivity index (χ3n) is 5.69. The molecule has 0 amide bonds. The lowest BCUT2D eigenvalue weighted by Gasteiger charge is -1.99. The molecular weight excluding hydrogens is 630 g/mol. The van der Waals surface area contributed by atoms with Gasteiger partial charge in [-0.05, 0) is 29.8 Å². The Morgan fingerprint density at radius 3 is 1.57 bits per heavy atom. The molecule has 0 radical (unpaired) electrons. The molecule has 42 heavy (non-hydrogen) atoms. The fraction of sp³-hybridized carbons (Fsp3) is 0.129. The highest BCUT2D eigenvalue weighted by Crippen LogP contribution is 2.25. The molecule has 0 aliphatic rings. The van der Waals surface area contributed by atoms with Crippen LogP contribution in [-0.4, -0.2) is 35.2 Å². The number of thiazole rings is 2. The normalized spacial score (nSPS) is 9.67. The predicted octanol–water partition coefficient (Wildman–Crippen LogP) is 7.17. The van der Waals surface area contributed by atoms with Crippen LogP contribution in [0.4, 0.5) is 10.3 Å². The lowest BCUT2D eigenvalue weighted by Crippen LogP contribution is -1.98. The van der Waals surface area contributed by atoms with E-state index in [0.29, 0.717) is 28.6 Å². The molecule has 5 aromatic rings. The number of Topliss-reactive ketones (excluding diaryl/α,β-unsaturated/α-hetero) is 1. The molecule has 2 heterocycles. The van der Waals surface area contributed by atoms with Crippen LogP contribution in [0.5, 0.6) is 0 Å². The molecule has 0 spiro atoms. The number of nitriles is 2.